The van der Waals surface area contributed by atoms with Crippen LogP contribution in [0.5, 0.6) is 0 Å². The quantitative estimate of drug-likeness (QED) is 0.840. The van der Waals surface area contributed by atoms with Gasteiger partial charge in [-0.2, -0.15) is 0 Å². The molecule has 0 bridgehead atoms. The van der Waals surface area contributed by atoms with E-state index in [0.29, 0.717) is 12.1 Å². The zero-order valence-electron chi connectivity index (χ0n) is 10.1. The molecule has 2 atom stereocenters. The SMILES string of the molecule is CC1CCSC(=NC2CCCc3sccc32)N1. The second kappa shape index (κ2) is 5.02. The van der Waals surface area contributed by atoms with Crippen molar-refractivity contribution in [3.63, 3.8) is 0 Å². The van der Waals surface area contributed by atoms with Crippen LogP contribution in [0.3, 0.4) is 0 Å². The van der Waals surface area contributed by atoms with Crippen molar-refractivity contribution < 1.29 is 0 Å². The van der Waals surface area contributed by atoms with Gasteiger partial charge in [-0.25, -0.2) is 0 Å². The summed E-state index contributed by atoms with van der Waals surface area (Å²) < 4.78 is 0. The summed E-state index contributed by atoms with van der Waals surface area (Å²) in [5.41, 5.74) is 1.48. The molecule has 0 spiro atoms. The number of amidine groups is 1. The molecule has 92 valence electrons. The van der Waals surface area contributed by atoms with Gasteiger partial charge in [0.15, 0.2) is 5.17 Å². The van der Waals surface area contributed by atoms with Crippen molar-refractivity contribution in [1.29, 1.82) is 0 Å². The first kappa shape index (κ1) is 11.6. The summed E-state index contributed by atoms with van der Waals surface area (Å²) >= 11 is 3.78. The number of fused-ring (bicyclic) bond motifs is 1. The van der Waals surface area contributed by atoms with E-state index in [2.05, 4.69) is 23.7 Å². The van der Waals surface area contributed by atoms with E-state index in [1.54, 1.807) is 4.88 Å². The number of aliphatic imine (C=N–C) groups is 1. The molecule has 17 heavy (non-hydrogen) atoms. The molecular weight excluding hydrogens is 248 g/mol. The fraction of sp³-hybridized carbons (Fsp3) is 0.615. The summed E-state index contributed by atoms with van der Waals surface area (Å²) in [4.78, 5) is 6.49. The lowest BCUT2D eigenvalue weighted by molar-refractivity contribution is 0.572. The molecule has 2 unspecified atom stereocenters. The summed E-state index contributed by atoms with van der Waals surface area (Å²) in [5, 5.41) is 6.88. The smallest absolute Gasteiger partial charge is 0.157 e. The minimum absolute atomic E-state index is 0.408. The van der Waals surface area contributed by atoms with Crippen molar-refractivity contribution in [2.24, 2.45) is 4.99 Å². The van der Waals surface area contributed by atoms with Gasteiger partial charge in [0.25, 0.3) is 0 Å². The molecule has 2 aliphatic rings. The van der Waals surface area contributed by atoms with Gasteiger partial charge in [0.05, 0.1) is 6.04 Å². The second-order valence-corrected chi connectivity index (χ2v) is 6.91. The molecule has 4 heteroatoms. The largest absolute Gasteiger partial charge is 0.362 e. The van der Waals surface area contributed by atoms with Crippen LogP contribution in [-0.2, 0) is 6.42 Å². The highest BCUT2D eigenvalue weighted by molar-refractivity contribution is 8.13. The summed E-state index contributed by atoms with van der Waals surface area (Å²) in [5.74, 6) is 1.20. The minimum atomic E-state index is 0.408. The van der Waals surface area contributed by atoms with E-state index in [1.165, 1.54) is 37.0 Å². The van der Waals surface area contributed by atoms with Crippen molar-refractivity contribution in [3.8, 4) is 0 Å². The number of nitrogens with zero attached hydrogens (tertiary/aromatic N) is 1. The molecule has 1 fully saturated rings. The number of rotatable bonds is 1. The Morgan fingerprint density at radius 1 is 1.41 bits per heavy atom. The van der Waals surface area contributed by atoms with Gasteiger partial charge in [-0.1, -0.05) is 11.8 Å². The maximum atomic E-state index is 4.93. The molecule has 1 aliphatic carbocycles. The fourth-order valence-electron chi connectivity index (χ4n) is 2.47. The summed E-state index contributed by atoms with van der Waals surface area (Å²) in [6.45, 7) is 2.24. The van der Waals surface area contributed by atoms with Gasteiger partial charge in [-0.3, -0.25) is 4.99 Å². The number of hydrogen-bond donors (Lipinski definition) is 1. The maximum absolute atomic E-state index is 4.93. The highest BCUT2D eigenvalue weighted by Gasteiger charge is 2.22. The molecule has 1 N–H and O–H groups in total. The zero-order valence-corrected chi connectivity index (χ0v) is 11.7. The van der Waals surface area contributed by atoms with Crippen molar-refractivity contribution in [2.75, 3.05) is 5.75 Å². The molecule has 1 aliphatic heterocycles. The summed E-state index contributed by atoms with van der Waals surface area (Å²) in [7, 11) is 0. The predicted molar refractivity (Wildman–Crippen MR) is 77.1 cm³/mol. The number of hydrogen-bond acceptors (Lipinski definition) is 3. The molecule has 0 saturated carbocycles. The number of nitrogens with one attached hydrogen (secondary N) is 1. The molecule has 2 nitrogen and oxygen atoms in total. The normalized spacial score (nSPS) is 31.0. The van der Waals surface area contributed by atoms with Crippen LogP contribution in [0.4, 0.5) is 0 Å². The van der Waals surface area contributed by atoms with E-state index in [1.807, 2.05) is 23.1 Å². The van der Waals surface area contributed by atoms with Crippen LogP contribution in [0.1, 0.15) is 42.7 Å². The second-order valence-electron chi connectivity index (χ2n) is 4.82. The molecule has 0 radical (unpaired) electrons. The van der Waals surface area contributed by atoms with Crippen molar-refractivity contribution in [2.45, 2.75) is 44.7 Å². The first-order valence-electron chi connectivity index (χ1n) is 6.36. The van der Waals surface area contributed by atoms with Crippen molar-refractivity contribution >= 4 is 28.3 Å². The Morgan fingerprint density at radius 2 is 2.35 bits per heavy atom. The third-order valence-electron chi connectivity index (χ3n) is 3.45. The minimum Gasteiger partial charge on any atom is -0.362 e. The lowest BCUT2D eigenvalue weighted by atomic mass is 9.95. The van der Waals surface area contributed by atoms with Gasteiger partial charge >= 0.3 is 0 Å². The predicted octanol–water partition coefficient (Wildman–Crippen LogP) is 3.60. The lowest BCUT2D eigenvalue weighted by Gasteiger charge is -2.25. The van der Waals surface area contributed by atoms with Gasteiger partial charge in [0.2, 0.25) is 0 Å². The standard InChI is InChI=1S/C13H18N2S2/c1-9-5-7-17-13(14-9)15-11-3-2-4-12-10(11)6-8-16-12/h6,8-9,11H,2-5,7H2,1H3,(H,14,15). The number of aryl methyl sites for hydroxylation is 1. The molecule has 1 aromatic heterocycles. The molecular formula is C13H18N2S2. The molecule has 3 rings (SSSR count). The summed E-state index contributed by atoms with van der Waals surface area (Å²) in [6.07, 6.45) is 5.00. The first-order valence-corrected chi connectivity index (χ1v) is 8.23. The van der Waals surface area contributed by atoms with Gasteiger partial charge < -0.3 is 5.32 Å². The van der Waals surface area contributed by atoms with E-state index in [0.717, 1.165) is 5.17 Å². The third kappa shape index (κ3) is 2.52. The highest BCUT2D eigenvalue weighted by atomic mass is 32.2. The molecule has 1 aromatic rings. The Morgan fingerprint density at radius 3 is 3.24 bits per heavy atom. The van der Waals surface area contributed by atoms with E-state index in [4.69, 9.17) is 4.99 Å². The Hall–Kier alpha value is -0.480. The Labute approximate surface area is 111 Å². The Kier molecular flexibility index (Phi) is 3.43. The van der Waals surface area contributed by atoms with Crippen LogP contribution in [0.2, 0.25) is 0 Å². The van der Waals surface area contributed by atoms with Crippen molar-refractivity contribution in [3.05, 3.63) is 21.9 Å². The highest BCUT2D eigenvalue weighted by Crippen LogP contribution is 2.36. The van der Waals surface area contributed by atoms with Gasteiger partial charge in [0, 0.05) is 16.7 Å². The topological polar surface area (TPSA) is 24.4 Å². The van der Waals surface area contributed by atoms with Crippen molar-refractivity contribution in [1.82, 2.24) is 5.32 Å². The lowest BCUT2D eigenvalue weighted by Crippen LogP contribution is -2.35. The van der Waals surface area contributed by atoms with Crippen LogP contribution in [0.25, 0.3) is 0 Å². The molecule has 2 heterocycles. The van der Waals surface area contributed by atoms with E-state index < -0.39 is 0 Å². The van der Waals surface area contributed by atoms with E-state index in [9.17, 15) is 0 Å². The van der Waals surface area contributed by atoms with Crippen LogP contribution < -0.4 is 5.32 Å². The monoisotopic (exact) mass is 266 g/mol. The van der Waals surface area contributed by atoms with Gasteiger partial charge in [0.1, 0.15) is 0 Å². The van der Waals surface area contributed by atoms with E-state index in [-0.39, 0.29) is 0 Å². The van der Waals surface area contributed by atoms with Crippen LogP contribution in [0, 0.1) is 0 Å². The van der Waals surface area contributed by atoms with Gasteiger partial charge in [-0.15, -0.1) is 11.3 Å². The molecule has 0 amide bonds. The Balaban J connectivity index is 1.80. The zero-order chi connectivity index (χ0) is 11.7. The summed E-state index contributed by atoms with van der Waals surface area (Å²) in [6, 6.07) is 3.26. The van der Waals surface area contributed by atoms with Gasteiger partial charge in [-0.05, 0) is 49.6 Å². The first-order chi connectivity index (χ1) is 8.33. The fourth-order valence-corrected chi connectivity index (χ4v) is 4.60. The molecule has 1 saturated heterocycles. The van der Waals surface area contributed by atoms with Crippen LogP contribution in [0.15, 0.2) is 16.4 Å². The third-order valence-corrected chi connectivity index (χ3v) is 5.39. The number of thiophene rings is 1. The molecule has 0 aromatic carbocycles. The average molecular weight is 266 g/mol. The number of thioether (sulfide) groups is 1. The maximum Gasteiger partial charge on any atom is 0.157 e. The van der Waals surface area contributed by atoms with E-state index >= 15 is 0 Å². The Bertz CT molecular complexity index is 425. The van der Waals surface area contributed by atoms with Crippen LogP contribution >= 0.6 is 23.1 Å². The average Bonchev–Trinajstić information content (AvgIpc) is 2.78. The van der Waals surface area contributed by atoms with Crippen LogP contribution in [-0.4, -0.2) is 17.0 Å².